The quantitative estimate of drug-likeness (QED) is 0.756. The largest absolute Gasteiger partial charge is 0.255 e. The molecule has 0 aromatic carbocycles. The Labute approximate surface area is 100 Å². The van der Waals surface area contributed by atoms with Crippen molar-refractivity contribution >= 4 is 11.6 Å². The van der Waals surface area contributed by atoms with Crippen molar-refractivity contribution in [3.05, 3.63) is 48.3 Å². The average molecular weight is 233 g/mol. The van der Waals surface area contributed by atoms with Gasteiger partial charge in [0.25, 0.3) is 0 Å². The van der Waals surface area contributed by atoms with E-state index in [4.69, 9.17) is 11.6 Å². The molecule has 2 nitrogen and oxygen atoms in total. The molecule has 2 rings (SSSR count). The number of nitrogens with zero attached hydrogens (tertiary/aromatic N) is 2. The number of aryl methyl sites for hydroxylation is 1. The van der Waals surface area contributed by atoms with Gasteiger partial charge >= 0.3 is 0 Å². The molecule has 0 saturated carbocycles. The van der Waals surface area contributed by atoms with Crippen LogP contribution in [0.3, 0.4) is 0 Å². The van der Waals surface area contributed by atoms with Gasteiger partial charge < -0.3 is 0 Å². The van der Waals surface area contributed by atoms with E-state index in [1.54, 1.807) is 6.20 Å². The van der Waals surface area contributed by atoms with Crippen LogP contribution in [0.1, 0.15) is 12.0 Å². The molecule has 0 aliphatic heterocycles. The van der Waals surface area contributed by atoms with E-state index in [1.165, 1.54) is 5.56 Å². The lowest BCUT2D eigenvalue weighted by atomic mass is 10.1. The average Bonchev–Trinajstić information content (AvgIpc) is 2.38. The second-order valence-electron chi connectivity index (χ2n) is 3.56. The fourth-order valence-electron chi connectivity index (χ4n) is 1.56. The lowest BCUT2D eigenvalue weighted by Crippen LogP contribution is -1.91. The summed E-state index contributed by atoms with van der Waals surface area (Å²) in [6, 6.07) is 9.94. The molecule has 0 unspecified atom stereocenters. The van der Waals surface area contributed by atoms with Crippen LogP contribution < -0.4 is 0 Å². The number of alkyl halides is 1. The van der Waals surface area contributed by atoms with Crippen molar-refractivity contribution in [1.29, 1.82) is 0 Å². The van der Waals surface area contributed by atoms with Gasteiger partial charge in [-0.15, -0.1) is 11.6 Å². The first-order valence-corrected chi connectivity index (χ1v) is 5.86. The highest BCUT2D eigenvalue weighted by molar-refractivity contribution is 6.17. The van der Waals surface area contributed by atoms with E-state index in [0.717, 1.165) is 24.2 Å². The third-order valence-electron chi connectivity index (χ3n) is 2.35. The van der Waals surface area contributed by atoms with Gasteiger partial charge in [0.15, 0.2) is 0 Å². The predicted octanol–water partition coefficient (Wildman–Crippen LogP) is 3.32. The van der Waals surface area contributed by atoms with Gasteiger partial charge in [-0.1, -0.05) is 6.07 Å². The molecule has 0 fully saturated rings. The topological polar surface area (TPSA) is 25.8 Å². The minimum Gasteiger partial charge on any atom is -0.255 e. The molecular weight excluding hydrogens is 220 g/mol. The number of rotatable bonds is 4. The van der Waals surface area contributed by atoms with Crippen LogP contribution in [0, 0.1) is 0 Å². The highest BCUT2D eigenvalue weighted by Gasteiger charge is 2.01. The molecule has 0 amide bonds. The Morgan fingerprint density at radius 3 is 2.62 bits per heavy atom. The van der Waals surface area contributed by atoms with Crippen molar-refractivity contribution in [2.45, 2.75) is 12.8 Å². The molecule has 0 N–H and O–H groups in total. The summed E-state index contributed by atoms with van der Waals surface area (Å²) in [6.07, 6.45) is 5.59. The van der Waals surface area contributed by atoms with Gasteiger partial charge in [0.1, 0.15) is 0 Å². The van der Waals surface area contributed by atoms with Crippen LogP contribution in [0.25, 0.3) is 11.4 Å². The fourth-order valence-corrected chi connectivity index (χ4v) is 1.69. The van der Waals surface area contributed by atoms with Gasteiger partial charge in [-0.2, -0.15) is 0 Å². The lowest BCUT2D eigenvalue weighted by Gasteiger charge is -2.03. The van der Waals surface area contributed by atoms with Crippen LogP contribution in [0.15, 0.2) is 42.7 Å². The van der Waals surface area contributed by atoms with Crippen molar-refractivity contribution in [3.8, 4) is 11.4 Å². The summed E-state index contributed by atoms with van der Waals surface area (Å²) in [4.78, 5) is 8.60. The van der Waals surface area contributed by atoms with Crippen molar-refractivity contribution in [3.63, 3.8) is 0 Å². The van der Waals surface area contributed by atoms with Gasteiger partial charge in [-0.05, 0) is 42.7 Å². The molecule has 82 valence electrons. The number of pyridine rings is 2. The zero-order chi connectivity index (χ0) is 11.2. The van der Waals surface area contributed by atoms with Gasteiger partial charge in [0.2, 0.25) is 0 Å². The van der Waals surface area contributed by atoms with Gasteiger partial charge in [0, 0.05) is 18.3 Å². The molecular formula is C13H13ClN2. The standard InChI is InChI=1S/C13H13ClN2/c14-7-3-4-11-6-9-16-13(10-11)12-5-1-2-8-15-12/h1-2,5-6,8-10H,3-4,7H2. The van der Waals surface area contributed by atoms with E-state index >= 15 is 0 Å². The third-order valence-corrected chi connectivity index (χ3v) is 2.62. The summed E-state index contributed by atoms with van der Waals surface area (Å²) < 4.78 is 0. The summed E-state index contributed by atoms with van der Waals surface area (Å²) in [5.74, 6) is 0.696. The van der Waals surface area contributed by atoms with Crippen molar-refractivity contribution in [1.82, 2.24) is 9.97 Å². The Kier molecular flexibility index (Phi) is 3.89. The normalized spacial score (nSPS) is 10.3. The lowest BCUT2D eigenvalue weighted by molar-refractivity contribution is 0.925. The van der Waals surface area contributed by atoms with E-state index in [-0.39, 0.29) is 0 Å². The Morgan fingerprint density at radius 2 is 1.88 bits per heavy atom. The zero-order valence-electron chi connectivity index (χ0n) is 8.94. The van der Waals surface area contributed by atoms with E-state index in [9.17, 15) is 0 Å². The molecule has 0 bridgehead atoms. The molecule has 2 heterocycles. The molecule has 0 spiro atoms. The third kappa shape index (κ3) is 2.80. The maximum atomic E-state index is 5.68. The summed E-state index contributed by atoms with van der Waals surface area (Å²) in [5.41, 5.74) is 3.10. The van der Waals surface area contributed by atoms with Crippen molar-refractivity contribution in [2.75, 3.05) is 5.88 Å². The minimum absolute atomic E-state index is 0.696. The molecule has 3 heteroatoms. The first kappa shape index (κ1) is 11.1. The van der Waals surface area contributed by atoms with Gasteiger partial charge in [-0.25, -0.2) is 0 Å². The van der Waals surface area contributed by atoms with Crippen LogP contribution in [0.4, 0.5) is 0 Å². The Balaban J connectivity index is 2.22. The fraction of sp³-hybridized carbons (Fsp3) is 0.231. The number of halogens is 1. The Hall–Kier alpha value is -1.41. The Morgan fingerprint density at radius 1 is 1.00 bits per heavy atom. The maximum Gasteiger partial charge on any atom is 0.0888 e. The monoisotopic (exact) mass is 232 g/mol. The van der Waals surface area contributed by atoms with Gasteiger partial charge in [-0.3, -0.25) is 9.97 Å². The van der Waals surface area contributed by atoms with E-state index in [0.29, 0.717) is 5.88 Å². The molecule has 0 aliphatic rings. The van der Waals surface area contributed by atoms with E-state index in [1.807, 2.05) is 30.5 Å². The highest BCUT2D eigenvalue weighted by atomic mass is 35.5. The summed E-state index contributed by atoms with van der Waals surface area (Å²) in [5, 5.41) is 0. The smallest absolute Gasteiger partial charge is 0.0888 e. The van der Waals surface area contributed by atoms with Crippen molar-refractivity contribution < 1.29 is 0 Å². The predicted molar refractivity (Wildman–Crippen MR) is 66.5 cm³/mol. The van der Waals surface area contributed by atoms with Crippen LogP contribution >= 0.6 is 11.6 Å². The summed E-state index contributed by atoms with van der Waals surface area (Å²) in [7, 11) is 0. The second kappa shape index (κ2) is 5.61. The number of hydrogen-bond donors (Lipinski definition) is 0. The summed E-state index contributed by atoms with van der Waals surface area (Å²) >= 11 is 5.68. The zero-order valence-corrected chi connectivity index (χ0v) is 9.69. The van der Waals surface area contributed by atoms with Crippen LogP contribution in [0.2, 0.25) is 0 Å². The second-order valence-corrected chi connectivity index (χ2v) is 3.93. The number of hydrogen-bond acceptors (Lipinski definition) is 2. The molecule has 2 aromatic rings. The first-order valence-electron chi connectivity index (χ1n) is 5.32. The van der Waals surface area contributed by atoms with E-state index < -0.39 is 0 Å². The summed E-state index contributed by atoms with van der Waals surface area (Å²) in [6.45, 7) is 0. The minimum atomic E-state index is 0.696. The molecule has 2 aromatic heterocycles. The highest BCUT2D eigenvalue weighted by Crippen LogP contribution is 2.15. The maximum absolute atomic E-state index is 5.68. The van der Waals surface area contributed by atoms with Crippen LogP contribution in [-0.4, -0.2) is 15.8 Å². The molecule has 0 aliphatic carbocycles. The molecule has 0 saturated heterocycles. The molecule has 0 atom stereocenters. The van der Waals surface area contributed by atoms with Gasteiger partial charge in [0.05, 0.1) is 11.4 Å². The number of aromatic nitrogens is 2. The van der Waals surface area contributed by atoms with Crippen molar-refractivity contribution in [2.24, 2.45) is 0 Å². The SMILES string of the molecule is ClCCCc1ccnc(-c2ccccn2)c1. The molecule has 16 heavy (non-hydrogen) atoms. The molecule has 0 radical (unpaired) electrons. The van der Waals surface area contributed by atoms with E-state index in [2.05, 4.69) is 16.0 Å². The first-order chi connectivity index (χ1) is 7.90. The Bertz CT molecular complexity index is 443. The van der Waals surface area contributed by atoms with Crippen LogP contribution in [0.5, 0.6) is 0 Å². The van der Waals surface area contributed by atoms with Crippen LogP contribution in [-0.2, 0) is 6.42 Å².